The molecule has 2 fully saturated rings. The number of benzene rings is 4. The number of alkyl halides is 4. The van der Waals surface area contributed by atoms with Gasteiger partial charge in [0.2, 0.25) is 12.5 Å². The number of halogens is 5. The Hall–Kier alpha value is -6.51. The van der Waals surface area contributed by atoms with Gasteiger partial charge in [-0.25, -0.2) is 41.8 Å². The Morgan fingerprint density at radius 3 is 1.35 bits per heavy atom. The number of phosphoric ester groups is 2. The smallest absolute Gasteiger partial charge is 0.487 e. The van der Waals surface area contributed by atoms with Gasteiger partial charge in [0.1, 0.15) is 60.6 Å². The predicted octanol–water partition coefficient (Wildman–Crippen LogP) is 5.26. The van der Waals surface area contributed by atoms with E-state index in [2.05, 4.69) is 62.9 Å². The summed E-state index contributed by atoms with van der Waals surface area (Å²) in [4.78, 5) is 105. The van der Waals surface area contributed by atoms with Crippen LogP contribution in [0.3, 0.4) is 0 Å². The molecule has 104 heavy (non-hydrogen) atoms. The standard InChI is InChI=1S/C25H29F2N4O14P3.C16H17ClNO4P.C9H13F2N3O10P2.C6H15N/c1-16(22(33)40-14-17-8-4-2-5-9-17)30-46(35,43-18-10-6-3-7-11-18)44-48(38,39)45-47(36,37)41-15-19-21(32)25(26,27)23(42-19)31-13-12-20(28)29-24(31)34;1-13(16(19)21-12-14-8-4-2-5-9-14)18-23(17,20)22-15-10-6-3-7-11-15;10-9(11)6(15)4(3-22-26(20,21)24-25(17,18)19)23-7(9)14-2-1-5(12)13-8(14)16;1-4-7(5-2)6-3/h2-13,16,19,21,23,32H,14-15H2,1H3,(H,30,35)(H,36,37)(H,38,39)(H2,28,29,34);2-11,13H,12H2,1H3,(H,18,20);1-2,4,6-7,15H,3H2,(H,20,21)(H2,12,13,16)(H2,17,18,19);4-6H2,1-3H3/t16-,19+,21+,23+,46?;13-,23?;4-,6-,7-;/m001./s1. The molecule has 6 aromatic rings. The number of phosphoric acid groups is 4. The maximum absolute atomic E-state index is 14.8. The van der Waals surface area contributed by atoms with Crippen LogP contribution >= 0.6 is 57.2 Å². The molecule has 2 aliphatic rings. The van der Waals surface area contributed by atoms with Crippen LogP contribution in [0.4, 0.5) is 29.2 Å². The van der Waals surface area contributed by atoms with E-state index in [0.717, 1.165) is 37.0 Å². The molecule has 2 aromatic heterocycles. The monoisotopic (exact) mass is 1620 g/mol. The largest absolute Gasteiger partial charge is 0.756 e. The second-order valence-corrected chi connectivity index (χ2v) is 32.0. The number of nitrogens with two attached hydrogens (primary N) is 2. The van der Waals surface area contributed by atoms with Crippen molar-refractivity contribution < 1.29 is 144 Å². The molecule has 8 rings (SSSR count). The number of aromatic nitrogens is 4. The minimum Gasteiger partial charge on any atom is -0.756 e. The van der Waals surface area contributed by atoms with Crippen LogP contribution < -0.4 is 51.9 Å². The number of quaternary nitrogens is 1. The molecule has 0 bridgehead atoms. The molecular formula is C56H74ClF4N9O28P6. The summed E-state index contributed by atoms with van der Waals surface area (Å²) >= 11 is 5.84. The third-order valence-electron chi connectivity index (χ3n) is 13.7. The van der Waals surface area contributed by atoms with E-state index < -0.39 is 143 Å². The van der Waals surface area contributed by atoms with Gasteiger partial charge in [0.05, 0.1) is 32.8 Å². The Balaban J connectivity index is 0.000000291. The number of aliphatic hydroxyl groups is 2. The molecule has 576 valence electrons. The van der Waals surface area contributed by atoms with Gasteiger partial charge in [-0.3, -0.25) is 27.8 Å². The highest BCUT2D eigenvalue weighted by atomic mass is 35.7. The molecule has 4 aromatic carbocycles. The molecule has 2 aliphatic heterocycles. The highest BCUT2D eigenvalue weighted by Crippen LogP contribution is 2.67. The second-order valence-electron chi connectivity index (χ2n) is 21.6. The van der Waals surface area contributed by atoms with Crippen molar-refractivity contribution in [3.05, 3.63) is 178 Å². The summed E-state index contributed by atoms with van der Waals surface area (Å²) in [5, 5.41) is 24.2. The van der Waals surface area contributed by atoms with E-state index in [0.29, 0.717) is 20.4 Å². The zero-order valence-electron chi connectivity index (χ0n) is 55.1. The summed E-state index contributed by atoms with van der Waals surface area (Å²) in [6.07, 6.45) is -12.6. The predicted molar refractivity (Wildman–Crippen MR) is 355 cm³/mol. The number of ether oxygens (including phenoxy) is 4. The Morgan fingerprint density at radius 2 is 0.971 bits per heavy atom. The number of hydrogen-bond acceptors (Lipinski definition) is 28. The van der Waals surface area contributed by atoms with E-state index in [-0.39, 0.29) is 30.6 Å². The van der Waals surface area contributed by atoms with Crippen molar-refractivity contribution >= 4 is 80.7 Å². The van der Waals surface area contributed by atoms with Crippen molar-refractivity contribution in [3.63, 3.8) is 0 Å². The second kappa shape index (κ2) is 38.8. The number of anilines is 2. The lowest BCUT2D eigenvalue weighted by Gasteiger charge is -2.28. The van der Waals surface area contributed by atoms with Crippen molar-refractivity contribution in [2.45, 2.75) is 109 Å². The van der Waals surface area contributed by atoms with Crippen LogP contribution in [0, 0.1) is 0 Å². The number of para-hydroxylation sites is 2. The van der Waals surface area contributed by atoms with Crippen LogP contribution in [0.1, 0.15) is 58.2 Å². The topological polar surface area (TPSA) is 533 Å². The van der Waals surface area contributed by atoms with Crippen molar-refractivity contribution in [2.24, 2.45) is 0 Å². The average Bonchev–Trinajstić information content (AvgIpc) is 1.62. The summed E-state index contributed by atoms with van der Waals surface area (Å²) < 4.78 is 182. The molecule has 0 amide bonds. The normalized spacial score (nSPS) is 21.6. The lowest BCUT2D eigenvalue weighted by Crippen LogP contribution is -3.11. The first-order chi connectivity index (χ1) is 48.4. The molecule has 0 aliphatic carbocycles. The molecule has 0 spiro atoms. The summed E-state index contributed by atoms with van der Waals surface area (Å²) in [5.41, 5.74) is 9.55. The van der Waals surface area contributed by atoms with Crippen LogP contribution in [-0.2, 0) is 91.1 Å². The molecular weight excluding hydrogens is 1540 g/mol. The van der Waals surface area contributed by atoms with Crippen LogP contribution in [0.5, 0.6) is 11.5 Å². The van der Waals surface area contributed by atoms with Gasteiger partial charge >= 0.3 is 73.2 Å². The SMILES string of the molecule is CC[NH+](CC)CC.C[C@H](NP(=O)(Cl)Oc1ccccc1)C(=O)OCc1ccccc1.C[C@H](NP(=O)(Oc1ccccc1)OP(=O)(O)OP(=O)([O-])OC[C@H]1O[C@@H](n2ccc(N)nc2=O)C(F)(F)[C@@H]1O)C(=O)OCc1ccccc1.Nc1ccn([C@@H]2O[C@H](COP(=O)(O)OP(=O)(O)O)[C@@H](O)C2(F)F)c(=O)n1. The van der Waals surface area contributed by atoms with Crippen LogP contribution in [0.2, 0.25) is 0 Å². The maximum atomic E-state index is 14.8. The fraction of sp³-hybridized carbons (Fsp3) is 0.393. The highest BCUT2D eigenvalue weighted by molar-refractivity contribution is 7.84. The van der Waals surface area contributed by atoms with E-state index in [9.17, 15) is 84.1 Å². The molecule has 4 heterocycles. The van der Waals surface area contributed by atoms with E-state index in [1.807, 2.05) is 30.3 Å². The summed E-state index contributed by atoms with van der Waals surface area (Å²) in [6, 6.07) is 32.6. The quantitative estimate of drug-likeness (QED) is 0.0150. The first-order valence-electron chi connectivity index (χ1n) is 30.2. The first kappa shape index (κ1) is 88.1. The Labute approximate surface area is 594 Å². The number of nitrogen functional groups attached to an aromatic ring is 2. The van der Waals surface area contributed by atoms with E-state index in [1.54, 1.807) is 65.6 Å². The summed E-state index contributed by atoms with van der Waals surface area (Å²) in [7, 11) is -28.0. The number of hydrogen-bond donors (Lipinski definition) is 11. The summed E-state index contributed by atoms with van der Waals surface area (Å²) in [5.74, 6) is -10.2. The first-order valence-corrected chi connectivity index (χ1v) is 40.3. The minimum atomic E-state index is -6.03. The van der Waals surface area contributed by atoms with Crippen LogP contribution in [0.25, 0.3) is 0 Å². The lowest BCUT2D eigenvalue weighted by atomic mass is 10.1. The van der Waals surface area contributed by atoms with Gasteiger partial charge in [-0.2, -0.15) is 41.2 Å². The number of nitrogens with zero attached hydrogens (tertiary/aromatic N) is 4. The fourth-order valence-corrected chi connectivity index (χ4v) is 16.2. The zero-order valence-corrected chi connectivity index (χ0v) is 61.2. The average molecular weight is 1620 g/mol. The fourth-order valence-electron chi connectivity index (χ4n) is 8.57. The molecule has 2 saturated heterocycles. The third kappa shape index (κ3) is 28.3. The van der Waals surface area contributed by atoms with Crippen molar-refractivity contribution in [3.8, 4) is 11.5 Å². The Morgan fingerprint density at radius 1 is 0.596 bits per heavy atom. The molecule has 5 unspecified atom stereocenters. The van der Waals surface area contributed by atoms with E-state index >= 15 is 0 Å². The van der Waals surface area contributed by atoms with E-state index in [4.69, 9.17) is 65.4 Å². The molecule has 0 radical (unpaired) electrons. The molecule has 13 atom stereocenters. The van der Waals surface area contributed by atoms with Crippen LogP contribution in [-0.4, -0.2) is 142 Å². The van der Waals surface area contributed by atoms with Gasteiger partial charge in [-0.15, -0.1) is 0 Å². The number of carbonyl (C=O) groups excluding carboxylic acids is 2. The van der Waals surface area contributed by atoms with Gasteiger partial charge in [0.25, 0.3) is 7.82 Å². The number of carbonyl (C=O) groups is 2. The number of esters is 2. The Bertz CT molecular complexity index is 4190. The van der Waals surface area contributed by atoms with E-state index in [1.165, 1.54) is 56.9 Å². The van der Waals surface area contributed by atoms with Gasteiger partial charge < -0.3 is 83.6 Å². The number of aliphatic hydroxyl groups excluding tert-OH is 2. The zero-order chi connectivity index (χ0) is 77.7. The maximum Gasteiger partial charge on any atom is 0.487 e. The van der Waals surface area contributed by atoms with Crippen LogP contribution in [0.15, 0.2) is 155 Å². The minimum absolute atomic E-state index is 0.137. The van der Waals surface area contributed by atoms with Crippen molar-refractivity contribution in [1.29, 1.82) is 0 Å². The third-order valence-corrected chi connectivity index (χ3v) is 22.4. The Kier molecular flexibility index (Phi) is 32.9. The molecule has 48 heteroatoms. The van der Waals surface area contributed by atoms with Gasteiger partial charge in [-0.1, -0.05) is 97.1 Å². The number of rotatable bonds is 31. The van der Waals surface area contributed by atoms with Gasteiger partial charge in [0.15, 0.2) is 12.2 Å². The number of nitrogens with one attached hydrogen (secondary N) is 3. The highest BCUT2D eigenvalue weighted by Gasteiger charge is 2.61. The van der Waals surface area contributed by atoms with Gasteiger partial charge in [-0.05, 0) is 82.1 Å². The summed E-state index contributed by atoms with van der Waals surface area (Å²) in [6.45, 7) is 6.73. The van der Waals surface area contributed by atoms with Crippen molar-refractivity contribution in [2.75, 3.05) is 44.3 Å². The molecule has 37 nitrogen and oxygen atoms in total. The van der Waals surface area contributed by atoms with Crippen molar-refractivity contribution in [1.82, 2.24) is 29.3 Å². The molecule has 0 saturated carbocycles. The molecule has 13 N–H and O–H groups in total. The lowest BCUT2D eigenvalue weighted by molar-refractivity contribution is -0.894. The van der Waals surface area contributed by atoms with Gasteiger partial charge in [0, 0.05) is 23.6 Å².